The van der Waals surface area contributed by atoms with Gasteiger partial charge in [-0.25, -0.2) is 0 Å². The van der Waals surface area contributed by atoms with E-state index in [9.17, 15) is 4.79 Å². The second kappa shape index (κ2) is 5.12. The fraction of sp³-hybridized carbons (Fsp3) is 0.462. The lowest BCUT2D eigenvalue weighted by molar-refractivity contribution is 0.0672. The van der Waals surface area contributed by atoms with Crippen molar-refractivity contribution < 1.29 is 14.3 Å². The van der Waals surface area contributed by atoms with Gasteiger partial charge in [0, 0.05) is 6.61 Å². The average molecular weight is 220 g/mol. The van der Waals surface area contributed by atoms with E-state index in [0.717, 1.165) is 19.4 Å². The van der Waals surface area contributed by atoms with Crippen molar-refractivity contribution in [2.24, 2.45) is 0 Å². The van der Waals surface area contributed by atoms with Gasteiger partial charge < -0.3 is 9.47 Å². The van der Waals surface area contributed by atoms with Crippen LogP contribution in [0.1, 0.15) is 30.1 Å². The van der Waals surface area contributed by atoms with Gasteiger partial charge in [0.15, 0.2) is 5.78 Å². The number of benzene rings is 1. The summed E-state index contributed by atoms with van der Waals surface area (Å²) in [6.07, 6.45) is 2.32. The Hall–Kier alpha value is -1.35. The third-order valence-electron chi connectivity index (χ3n) is 2.72. The number of para-hydroxylation sites is 1. The Kier molecular flexibility index (Phi) is 3.57. The van der Waals surface area contributed by atoms with Crippen LogP contribution in [-0.4, -0.2) is 25.1 Å². The Labute approximate surface area is 95.4 Å². The van der Waals surface area contributed by atoms with Gasteiger partial charge in [0.2, 0.25) is 0 Å². The summed E-state index contributed by atoms with van der Waals surface area (Å²) >= 11 is 0. The molecule has 1 fully saturated rings. The van der Waals surface area contributed by atoms with Gasteiger partial charge in [-0.3, -0.25) is 4.79 Å². The highest BCUT2D eigenvalue weighted by Gasteiger charge is 2.17. The number of ketones is 1. The molecule has 0 radical (unpaired) electrons. The number of carbonyl (C=O) groups excluding carboxylic acids is 1. The standard InChI is InChI=1S/C13H16O3/c1-10(14)12-6-2-3-7-13(12)16-9-11-5-4-8-15-11/h2-3,6-7,11H,4-5,8-9H2,1H3. The zero-order valence-electron chi connectivity index (χ0n) is 9.44. The van der Waals surface area contributed by atoms with Crippen molar-refractivity contribution in [2.75, 3.05) is 13.2 Å². The van der Waals surface area contributed by atoms with Crippen molar-refractivity contribution in [1.82, 2.24) is 0 Å². The van der Waals surface area contributed by atoms with Crippen LogP contribution in [0.25, 0.3) is 0 Å². The third-order valence-corrected chi connectivity index (χ3v) is 2.72. The van der Waals surface area contributed by atoms with E-state index >= 15 is 0 Å². The van der Waals surface area contributed by atoms with Crippen LogP contribution in [0.5, 0.6) is 5.75 Å². The summed E-state index contributed by atoms with van der Waals surface area (Å²) in [5.41, 5.74) is 0.639. The SMILES string of the molecule is CC(=O)c1ccccc1OCC1CCCO1. The molecule has 1 aromatic carbocycles. The summed E-state index contributed by atoms with van der Waals surface area (Å²) in [5.74, 6) is 0.688. The molecular weight excluding hydrogens is 204 g/mol. The molecule has 0 amide bonds. The zero-order valence-corrected chi connectivity index (χ0v) is 9.44. The van der Waals surface area contributed by atoms with Gasteiger partial charge in [0.05, 0.1) is 11.7 Å². The summed E-state index contributed by atoms with van der Waals surface area (Å²) in [7, 11) is 0. The van der Waals surface area contributed by atoms with Crippen LogP contribution in [0.15, 0.2) is 24.3 Å². The first kappa shape index (κ1) is 11.1. The highest BCUT2D eigenvalue weighted by Crippen LogP contribution is 2.20. The van der Waals surface area contributed by atoms with Crippen LogP contribution in [0.3, 0.4) is 0 Å². The molecule has 3 nitrogen and oxygen atoms in total. The van der Waals surface area contributed by atoms with Gasteiger partial charge in [0.25, 0.3) is 0 Å². The molecule has 1 aliphatic rings. The molecular formula is C13H16O3. The van der Waals surface area contributed by atoms with Gasteiger partial charge in [-0.2, -0.15) is 0 Å². The molecule has 1 unspecified atom stereocenters. The molecule has 3 heteroatoms. The topological polar surface area (TPSA) is 35.5 Å². The van der Waals surface area contributed by atoms with Crippen molar-refractivity contribution in [1.29, 1.82) is 0 Å². The van der Waals surface area contributed by atoms with Gasteiger partial charge in [0.1, 0.15) is 12.4 Å². The van der Waals surface area contributed by atoms with E-state index in [1.54, 1.807) is 13.0 Å². The van der Waals surface area contributed by atoms with Crippen LogP contribution >= 0.6 is 0 Å². The average Bonchev–Trinajstić information content (AvgIpc) is 2.79. The normalized spacial score (nSPS) is 19.7. The molecule has 0 aliphatic carbocycles. The van der Waals surface area contributed by atoms with Crippen LogP contribution < -0.4 is 4.74 Å². The molecule has 1 atom stereocenters. The fourth-order valence-corrected chi connectivity index (χ4v) is 1.84. The Balaban J connectivity index is 2.00. The minimum Gasteiger partial charge on any atom is -0.490 e. The van der Waals surface area contributed by atoms with Crippen molar-refractivity contribution in [2.45, 2.75) is 25.9 Å². The van der Waals surface area contributed by atoms with Gasteiger partial charge in [-0.05, 0) is 31.9 Å². The van der Waals surface area contributed by atoms with Gasteiger partial charge in [-0.15, -0.1) is 0 Å². The number of hydrogen-bond donors (Lipinski definition) is 0. The molecule has 0 bridgehead atoms. The lowest BCUT2D eigenvalue weighted by atomic mass is 10.1. The predicted molar refractivity (Wildman–Crippen MR) is 60.9 cm³/mol. The second-order valence-electron chi connectivity index (χ2n) is 4.00. The van der Waals surface area contributed by atoms with E-state index < -0.39 is 0 Å². The minimum atomic E-state index is 0.0305. The van der Waals surface area contributed by atoms with Crippen molar-refractivity contribution in [3.8, 4) is 5.75 Å². The highest BCUT2D eigenvalue weighted by molar-refractivity contribution is 5.96. The number of rotatable bonds is 4. The summed E-state index contributed by atoms with van der Waals surface area (Å²) in [5, 5.41) is 0. The molecule has 0 saturated carbocycles. The maximum atomic E-state index is 11.4. The number of ether oxygens (including phenoxy) is 2. The third kappa shape index (κ3) is 2.61. The van der Waals surface area contributed by atoms with E-state index in [-0.39, 0.29) is 11.9 Å². The van der Waals surface area contributed by atoms with Crippen LogP contribution in [0.2, 0.25) is 0 Å². The van der Waals surface area contributed by atoms with Crippen LogP contribution in [0, 0.1) is 0 Å². The van der Waals surface area contributed by atoms with Crippen LogP contribution in [-0.2, 0) is 4.74 Å². The summed E-state index contributed by atoms with van der Waals surface area (Å²) in [6.45, 7) is 2.90. The number of hydrogen-bond acceptors (Lipinski definition) is 3. The van der Waals surface area contributed by atoms with Crippen LogP contribution in [0.4, 0.5) is 0 Å². The molecule has 1 aromatic rings. The molecule has 86 valence electrons. The molecule has 0 aromatic heterocycles. The first-order chi connectivity index (χ1) is 7.77. The Morgan fingerprint density at radius 3 is 3.00 bits per heavy atom. The van der Waals surface area contributed by atoms with Crippen molar-refractivity contribution >= 4 is 5.78 Å². The molecule has 2 rings (SSSR count). The highest BCUT2D eigenvalue weighted by atomic mass is 16.5. The lowest BCUT2D eigenvalue weighted by Gasteiger charge is -2.13. The van der Waals surface area contributed by atoms with Crippen molar-refractivity contribution in [3.63, 3.8) is 0 Å². The smallest absolute Gasteiger partial charge is 0.163 e. The monoisotopic (exact) mass is 220 g/mol. The zero-order chi connectivity index (χ0) is 11.4. The van der Waals surface area contributed by atoms with Gasteiger partial charge >= 0.3 is 0 Å². The van der Waals surface area contributed by atoms with E-state index in [0.29, 0.717) is 17.9 Å². The van der Waals surface area contributed by atoms with E-state index in [1.807, 2.05) is 18.2 Å². The van der Waals surface area contributed by atoms with E-state index in [4.69, 9.17) is 9.47 Å². The van der Waals surface area contributed by atoms with E-state index in [1.165, 1.54) is 0 Å². The van der Waals surface area contributed by atoms with E-state index in [2.05, 4.69) is 0 Å². The maximum Gasteiger partial charge on any atom is 0.163 e. The first-order valence-electron chi connectivity index (χ1n) is 5.62. The minimum absolute atomic E-state index is 0.0305. The Bertz CT molecular complexity index is 367. The molecule has 1 heterocycles. The molecule has 0 spiro atoms. The maximum absolute atomic E-state index is 11.4. The number of Topliss-reactive ketones (excluding diaryl/α,β-unsaturated/α-hetero) is 1. The second-order valence-corrected chi connectivity index (χ2v) is 4.00. The summed E-state index contributed by atoms with van der Waals surface area (Å²) < 4.78 is 11.1. The quantitative estimate of drug-likeness (QED) is 0.731. The summed E-state index contributed by atoms with van der Waals surface area (Å²) in [4.78, 5) is 11.4. The summed E-state index contributed by atoms with van der Waals surface area (Å²) in [6, 6.07) is 7.33. The largest absolute Gasteiger partial charge is 0.490 e. The predicted octanol–water partition coefficient (Wildman–Crippen LogP) is 2.45. The van der Waals surface area contributed by atoms with Gasteiger partial charge in [-0.1, -0.05) is 12.1 Å². The lowest BCUT2D eigenvalue weighted by Crippen LogP contribution is -2.17. The Morgan fingerprint density at radius 2 is 2.31 bits per heavy atom. The number of carbonyl (C=O) groups is 1. The molecule has 1 saturated heterocycles. The first-order valence-corrected chi connectivity index (χ1v) is 5.62. The van der Waals surface area contributed by atoms with Crippen molar-refractivity contribution in [3.05, 3.63) is 29.8 Å². The molecule has 0 N–H and O–H groups in total. The Morgan fingerprint density at radius 1 is 1.50 bits per heavy atom. The fourth-order valence-electron chi connectivity index (χ4n) is 1.84. The molecule has 1 aliphatic heterocycles. The molecule has 16 heavy (non-hydrogen) atoms.